The molecule has 0 amide bonds. The monoisotopic (exact) mass is 341 g/mol. The van der Waals surface area contributed by atoms with Crippen LogP contribution in [0.1, 0.15) is 32.1 Å². The quantitative estimate of drug-likeness (QED) is 0.576. The number of sulfonamides is 1. The van der Waals surface area contributed by atoms with Gasteiger partial charge in [-0.15, -0.1) is 0 Å². The number of nitrogens with zero attached hydrogens (tertiary/aromatic N) is 2. The van der Waals surface area contributed by atoms with Gasteiger partial charge in [-0.25, -0.2) is 8.42 Å². The molecule has 0 spiro atoms. The highest BCUT2D eigenvalue weighted by Gasteiger charge is 2.28. The molecule has 1 aromatic rings. The molecular formula is C15H23N3O4S. The smallest absolute Gasteiger partial charge is 0.269 e. The van der Waals surface area contributed by atoms with Gasteiger partial charge in [0.2, 0.25) is 10.0 Å². The molecule has 7 nitrogen and oxygen atoms in total. The van der Waals surface area contributed by atoms with Crippen molar-refractivity contribution in [1.82, 2.24) is 4.31 Å². The van der Waals surface area contributed by atoms with Gasteiger partial charge in [0, 0.05) is 25.2 Å². The maximum absolute atomic E-state index is 12.8. The van der Waals surface area contributed by atoms with Gasteiger partial charge < -0.3 is 5.73 Å². The summed E-state index contributed by atoms with van der Waals surface area (Å²) in [4.78, 5) is 10.3. The molecule has 0 bridgehead atoms. The minimum absolute atomic E-state index is 0.0955. The van der Waals surface area contributed by atoms with E-state index in [0.29, 0.717) is 32.0 Å². The lowest BCUT2D eigenvalue weighted by Crippen LogP contribution is -2.36. The van der Waals surface area contributed by atoms with Crippen LogP contribution in [0, 0.1) is 16.0 Å². The normalized spacial score (nSPS) is 16.1. The summed E-state index contributed by atoms with van der Waals surface area (Å²) < 4.78 is 27.1. The third-order valence-corrected chi connectivity index (χ3v) is 6.11. The van der Waals surface area contributed by atoms with Gasteiger partial charge in [0.25, 0.3) is 5.69 Å². The highest BCUT2D eigenvalue weighted by atomic mass is 32.2. The molecule has 1 aliphatic carbocycles. The van der Waals surface area contributed by atoms with Gasteiger partial charge in [-0.2, -0.15) is 4.31 Å². The Morgan fingerprint density at radius 1 is 1.22 bits per heavy atom. The van der Waals surface area contributed by atoms with E-state index in [1.165, 1.54) is 28.6 Å². The number of nitro groups is 1. The average molecular weight is 341 g/mol. The van der Waals surface area contributed by atoms with E-state index in [1.807, 2.05) is 0 Å². The van der Waals surface area contributed by atoms with Crippen LogP contribution in [-0.2, 0) is 10.0 Å². The SMILES string of the molecule is NCCCN(CC1CCCC1)S(=O)(=O)c1ccc([N+](=O)[O-])cc1. The summed E-state index contributed by atoms with van der Waals surface area (Å²) in [6, 6.07) is 5.06. The zero-order valence-electron chi connectivity index (χ0n) is 13.1. The minimum Gasteiger partial charge on any atom is -0.330 e. The van der Waals surface area contributed by atoms with Gasteiger partial charge in [0.1, 0.15) is 0 Å². The van der Waals surface area contributed by atoms with Crippen LogP contribution in [0.4, 0.5) is 5.69 Å². The summed E-state index contributed by atoms with van der Waals surface area (Å²) in [7, 11) is -3.65. The minimum atomic E-state index is -3.65. The summed E-state index contributed by atoms with van der Waals surface area (Å²) in [6.07, 6.45) is 4.99. The van der Waals surface area contributed by atoms with Gasteiger partial charge in [0.15, 0.2) is 0 Å². The summed E-state index contributed by atoms with van der Waals surface area (Å²) in [5.74, 6) is 0.389. The van der Waals surface area contributed by atoms with Crippen LogP contribution in [0.5, 0.6) is 0 Å². The van der Waals surface area contributed by atoms with Crippen molar-refractivity contribution < 1.29 is 13.3 Å². The lowest BCUT2D eigenvalue weighted by atomic mass is 10.1. The molecule has 1 aliphatic rings. The number of hydrogen-bond donors (Lipinski definition) is 1. The van der Waals surface area contributed by atoms with E-state index < -0.39 is 14.9 Å². The van der Waals surface area contributed by atoms with Crippen molar-refractivity contribution in [2.75, 3.05) is 19.6 Å². The third-order valence-electron chi connectivity index (χ3n) is 4.23. The Kier molecular flexibility index (Phi) is 6.09. The molecule has 0 heterocycles. The van der Waals surface area contributed by atoms with Crippen molar-refractivity contribution in [2.24, 2.45) is 11.7 Å². The van der Waals surface area contributed by atoms with Gasteiger partial charge in [-0.05, 0) is 43.9 Å². The Morgan fingerprint density at radius 3 is 2.35 bits per heavy atom. The number of benzene rings is 1. The van der Waals surface area contributed by atoms with E-state index >= 15 is 0 Å². The van der Waals surface area contributed by atoms with Crippen LogP contribution < -0.4 is 5.73 Å². The van der Waals surface area contributed by atoms with Gasteiger partial charge in [-0.3, -0.25) is 10.1 Å². The largest absolute Gasteiger partial charge is 0.330 e. The standard InChI is InChI=1S/C15H23N3O4S/c16-10-3-11-17(12-13-4-1-2-5-13)23(21,22)15-8-6-14(7-9-15)18(19)20/h6-9,13H,1-5,10-12,16H2. The average Bonchev–Trinajstić information content (AvgIpc) is 3.04. The second kappa shape index (κ2) is 7.85. The Balaban J connectivity index is 2.20. The van der Waals surface area contributed by atoms with Crippen LogP contribution in [0.15, 0.2) is 29.2 Å². The molecule has 8 heteroatoms. The van der Waals surface area contributed by atoms with Crippen LogP contribution >= 0.6 is 0 Å². The van der Waals surface area contributed by atoms with E-state index in [1.54, 1.807) is 0 Å². The first kappa shape index (κ1) is 17.8. The van der Waals surface area contributed by atoms with Gasteiger partial charge in [0.05, 0.1) is 9.82 Å². The lowest BCUT2D eigenvalue weighted by Gasteiger charge is -2.25. The Bertz CT molecular complexity index is 625. The number of non-ortho nitro benzene ring substituents is 1. The molecule has 0 aliphatic heterocycles. The predicted molar refractivity (Wildman–Crippen MR) is 87.5 cm³/mol. The molecule has 0 aromatic heterocycles. The van der Waals surface area contributed by atoms with E-state index in [9.17, 15) is 18.5 Å². The summed E-state index contributed by atoms with van der Waals surface area (Å²) in [5.41, 5.74) is 5.41. The molecule has 1 saturated carbocycles. The molecule has 2 N–H and O–H groups in total. The van der Waals surface area contributed by atoms with Crippen molar-refractivity contribution >= 4 is 15.7 Å². The lowest BCUT2D eigenvalue weighted by molar-refractivity contribution is -0.384. The molecule has 1 aromatic carbocycles. The number of rotatable bonds is 8. The van der Waals surface area contributed by atoms with E-state index in [2.05, 4.69) is 0 Å². The fraction of sp³-hybridized carbons (Fsp3) is 0.600. The van der Waals surface area contributed by atoms with Crippen molar-refractivity contribution in [1.29, 1.82) is 0 Å². The molecule has 23 heavy (non-hydrogen) atoms. The molecule has 128 valence electrons. The number of nitrogens with two attached hydrogens (primary N) is 1. The second-order valence-corrected chi connectivity index (χ2v) is 7.84. The number of hydrogen-bond acceptors (Lipinski definition) is 5. The Morgan fingerprint density at radius 2 is 1.83 bits per heavy atom. The van der Waals surface area contributed by atoms with Crippen molar-refractivity contribution in [3.05, 3.63) is 34.4 Å². The van der Waals surface area contributed by atoms with E-state index in [0.717, 1.165) is 25.7 Å². The molecule has 0 saturated heterocycles. The van der Waals surface area contributed by atoms with Gasteiger partial charge in [-0.1, -0.05) is 12.8 Å². The van der Waals surface area contributed by atoms with Crippen LogP contribution in [0.3, 0.4) is 0 Å². The molecule has 2 rings (SSSR count). The van der Waals surface area contributed by atoms with Crippen LogP contribution in [-0.4, -0.2) is 37.3 Å². The van der Waals surface area contributed by atoms with E-state index in [-0.39, 0.29) is 10.6 Å². The first-order valence-electron chi connectivity index (χ1n) is 7.90. The highest BCUT2D eigenvalue weighted by Crippen LogP contribution is 2.28. The number of nitro benzene ring substituents is 1. The van der Waals surface area contributed by atoms with Crippen molar-refractivity contribution in [3.63, 3.8) is 0 Å². The van der Waals surface area contributed by atoms with Gasteiger partial charge >= 0.3 is 0 Å². The third kappa shape index (κ3) is 4.49. The predicted octanol–water partition coefficient (Wildman–Crippen LogP) is 2.12. The summed E-state index contributed by atoms with van der Waals surface area (Å²) in [6.45, 7) is 1.31. The van der Waals surface area contributed by atoms with Crippen molar-refractivity contribution in [2.45, 2.75) is 37.0 Å². The Labute approximate surface area is 136 Å². The fourth-order valence-corrected chi connectivity index (χ4v) is 4.50. The highest BCUT2D eigenvalue weighted by molar-refractivity contribution is 7.89. The maximum atomic E-state index is 12.8. The zero-order chi connectivity index (χ0) is 16.9. The summed E-state index contributed by atoms with van der Waals surface area (Å²) >= 11 is 0. The maximum Gasteiger partial charge on any atom is 0.269 e. The molecule has 0 radical (unpaired) electrons. The molecular weight excluding hydrogens is 318 g/mol. The molecule has 0 atom stereocenters. The molecule has 1 fully saturated rings. The van der Waals surface area contributed by atoms with Crippen LogP contribution in [0.25, 0.3) is 0 Å². The first-order valence-corrected chi connectivity index (χ1v) is 9.34. The van der Waals surface area contributed by atoms with E-state index in [4.69, 9.17) is 5.73 Å². The Hall–Kier alpha value is -1.51. The first-order chi connectivity index (χ1) is 10.9. The summed E-state index contributed by atoms with van der Waals surface area (Å²) in [5, 5.41) is 10.7. The molecule has 0 unspecified atom stereocenters. The fourth-order valence-electron chi connectivity index (χ4n) is 2.95. The zero-order valence-corrected chi connectivity index (χ0v) is 13.9. The van der Waals surface area contributed by atoms with Crippen molar-refractivity contribution in [3.8, 4) is 0 Å². The second-order valence-electron chi connectivity index (χ2n) is 5.91. The van der Waals surface area contributed by atoms with Crippen LogP contribution in [0.2, 0.25) is 0 Å². The topological polar surface area (TPSA) is 107 Å².